The number of rotatable bonds is 5. The van der Waals surface area contributed by atoms with E-state index in [1.165, 1.54) is 18.1 Å². The van der Waals surface area contributed by atoms with Gasteiger partial charge in [0.15, 0.2) is 0 Å². The molecule has 1 aromatic heterocycles. The van der Waals surface area contributed by atoms with E-state index in [-0.39, 0.29) is 0 Å². The number of nitrogens with zero attached hydrogens (tertiary/aromatic N) is 1. The predicted octanol–water partition coefficient (Wildman–Crippen LogP) is 2.20. The summed E-state index contributed by atoms with van der Waals surface area (Å²) in [4.78, 5) is 2.60. The topological polar surface area (TPSA) is 28.4 Å². The number of thioether (sulfide) groups is 1. The third-order valence-corrected chi connectivity index (χ3v) is 4.49. The molecule has 0 bridgehead atoms. The number of hydrogen-bond acceptors (Lipinski definition) is 4. The summed E-state index contributed by atoms with van der Waals surface area (Å²) in [5.74, 6) is 3.55. The highest BCUT2D eigenvalue weighted by atomic mass is 32.2. The average Bonchev–Trinajstić information content (AvgIpc) is 2.82. The molecule has 0 saturated carbocycles. The summed E-state index contributed by atoms with van der Waals surface area (Å²) in [5.41, 5.74) is 0. The molecule has 1 aromatic rings. The molecule has 96 valence electrons. The lowest BCUT2D eigenvalue weighted by Crippen LogP contribution is -2.49. The van der Waals surface area contributed by atoms with Crippen LogP contribution in [0, 0.1) is 0 Å². The van der Waals surface area contributed by atoms with Crippen molar-refractivity contribution in [3.8, 4) is 0 Å². The second-order valence-electron chi connectivity index (χ2n) is 4.72. The molecule has 1 aliphatic rings. The molecule has 1 N–H and O–H groups in total. The second kappa shape index (κ2) is 6.47. The van der Waals surface area contributed by atoms with Gasteiger partial charge in [-0.2, -0.15) is 11.8 Å². The van der Waals surface area contributed by atoms with Gasteiger partial charge in [0.1, 0.15) is 5.76 Å². The van der Waals surface area contributed by atoms with Crippen molar-refractivity contribution in [3.05, 3.63) is 24.2 Å². The Labute approximate surface area is 108 Å². The van der Waals surface area contributed by atoms with E-state index in [1.807, 2.05) is 12.1 Å². The number of furan rings is 1. The largest absolute Gasteiger partial charge is 0.468 e. The molecule has 0 aromatic carbocycles. The van der Waals surface area contributed by atoms with E-state index in [2.05, 4.69) is 35.8 Å². The molecule has 0 radical (unpaired) electrons. The van der Waals surface area contributed by atoms with Crippen molar-refractivity contribution < 1.29 is 4.42 Å². The third-order valence-electron chi connectivity index (χ3n) is 3.30. The Morgan fingerprint density at radius 1 is 1.65 bits per heavy atom. The van der Waals surface area contributed by atoms with Gasteiger partial charge in [-0.15, -0.1) is 0 Å². The number of hydrogen-bond donors (Lipinski definition) is 1. The highest BCUT2D eigenvalue weighted by molar-refractivity contribution is 7.99. The summed E-state index contributed by atoms with van der Waals surface area (Å²) >= 11 is 2.07. The first-order chi connectivity index (χ1) is 8.27. The Hall–Kier alpha value is -0.450. The fraction of sp³-hybridized carbons (Fsp3) is 0.692. The van der Waals surface area contributed by atoms with E-state index in [4.69, 9.17) is 4.42 Å². The molecule has 2 heterocycles. The Morgan fingerprint density at radius 3 is 3.24 bits per heavy atom. The van der Waals surface area contributed by atoms with Gasteiger partial charge >= 0.3 is 0 Å². The van der Waals surface area contributed by atoms with Gasteiger partial charge in [0.05, 0.1) is 12.8 Å². The SMILES string of the molecule is CC(CNCc1ccco1)N1CCSCC1C. The van der Waals surface area contributed by atoms with Crippen LogP contribution < -0.4 is 5.32 Å². The first-order valence-corrected chi connectivity index (χ1v) is 7.49. The van der Waals surface area contributed by atoms with E-state index in [0.29, 0.717) is 12.1 Å². The zero-order valence-corrected chi connectivity index (χ0v) is 11.5. The van der Waals surface area contributed by atoms with Crippen LogP contribution in [-0.2, 0) is 6.54 Å². The van der Waals surface area contributed by atoms with Crippen molar-refractivity contribution >= 4 is 11.8 Å². The van der Waals surface area contributed by atoms with Crippen LogP contribution in [0.25, 0.3) is 0 Å². The van der Waals surface area contributed by atoms with Crippen molar-refractivity contribution in [1.82, 2.24) is 10.2 Å². The summed E-state index contributed by atoms with van der Waals surface area (Å²) < 4.78 is 5.30. The Balaban J connectivity index is 1.71. The third kappa shape index (κ3) is 3.76. The maximum absolute atomic E-state index is 5.30. The van der Waals surface area contributed by atoms with Gasteiger partial charge in [0.2, 0.25) is 0 Å². The van der Waals surface area contributed by atoms with E-state index in [9.17, 15) is 0 Å². The summed E-state index contributed by atoms with van der Waals surface area (Å²) in [7, 11) is 0. The van der Waals surface area contributed by atoms with Crippen LogP contribution in [0.5, 0.6) is 0 Å². The van der Waals surface area contributed by atoms with Gasteiger partial charge < -0.3 is 9.73 Å². The average molecular weight is 254 g/mol. The fourth-order valence-corrected chi connectivity index (χ4v) is 3.37. The Morgan fingerprint density at radius 2 is 2.53 bits per heavy atom. The first kappa shape index (κ1) is 13.0. The van der Waals surface area contributed by atoms with E-state index in [1.54, 1.807) is 6.26 Å². The van der Waals surface area contributed by atoms with Gasteiger partial charge in [-0.05, 0) is 26.0 Å². The van der Waals surface area contributed by atoms with E-state index < -0.39 is 0 Å². The van der Waals surface area contributed by atoms with E-state index in [0.717, 1.165) is 18.8 Å². The summed E-state index contributed by atoms with van der Waals surface area (Å²) in [6, 6.07) is 5.25. The Kier molecular flexibility index (Phi) is 4.95. The lowest BCUT2D eigenvalue weighted by Gasteiger charge is -2.37. The molecule has 0 spiro atoms. The zero-order chi connectivity index (χ0) is 12.1. The van der Waals surface area contributed by atoms with Crippen LogP contribution in [0.15, 0.2) is 22.8 Å². The molecule has 4 heteroatoms. The minimum absolute atomic E-state index is 0.598. The summed E-state index contributed by atoms with van der Waals surface area (Å²) in [5, 5.41) is 3.46. The van der Waals surface area contributed by atoms with Crippen molar-refractivity contribution in [2.24, 2.45) is 0 Å². The van der Waals surface area contributed by atoms with Gasteiger partial charge in [0, 0.05) is 36.7 Å². The predicted molar refractivity (Wildman–Crippen MR) is 73.4 cm³/mol. The lowest BCUT2D eigenvalue weighted by molar-refractivity contribution is 0.169. The first-order valence-electron chi connectivity index (χ1n) is 6.34. The van der Waals surface area contributed by atoms with Crippen LogP contribution >= 0.6 is 11.8 Å². The van der Waals surface area contributed by atoms with Crippen LogP contribution in [0.4, 0.5) is 0 Å². The fourth-order valence-electron chi connectivity index (χ4n) is 2.33. The molecule has 1 fully saturated rings. The van der Waals surface area contributed by atoms with Crippen molar-refractivity contribution in [2.75, 3.05) is 24.6 Å². The minimum atomic E-state index is 0.598. The van der Waals surface area contributed by atoms with Crippen LogP contribution in [0.2, 0.25) is 0 Å². The molecule has 2 rings (SSSR count). The van der Waals surface area contributed by atoms with Crippen LogP contribution in [0.1, 0.15) is 19.6 Å². The Bertz CT molecular complexity index is 315. The quantitative estimate of drug-likeness (QED) is 0.872. The minimum Gasteiger partial charge on any atom is -0.468 e. The smallest absolute Gasteiger partial charge is 0.117 e. The highest BCUT2D eigenvalue weighted by Gasteiger charge is 2.22. The molecule has 0 aliphatic carbocycles. The van der Waals surface area contributed by atoms with Gasteiger partial charge in [0.25, 0.3) is 0 Å². The molecule has 17 heavy (non-hydrogen) atoms. The molecular weight excluding hydrogens is 232 g/mol. The van der Waals surface area contributed by atoms with Crippen LogP contribution in [-0.4, -0.2) is 41.6 Å². The highest BCUT2D eigenvalue weighted by Crippen LogP contribution is 2.18. The van der Waals surface area contributed by atoms with Gasteiger partial charge in [-0.1, -0.05) is 0 Å². The second-order valence-corrected chi connectivity index (χ2v) is 5.87. The standard InChI is InChI=1S/C13H22N2OS/c1-11(15-5-7-17-10-12(15)2)8-14-9-13-4-3-6-16-13/h3-4,6,11-12,14H,5,7-10H2,1-2H3. The van der Waals surface area contributed by atoms with Crippen LogP contribution in [0.3, 0.4) is 0 Å². The lowest BCUT2D eigenvalue weighted by atomic mass is 10.2. The number of nitrogens with one attached hydrogen (secondary N) is 1. The summed E-state index contributed by atoms with van der Waals surface area (Å²) in [6.45, 7) is 7.70. The molecule has 2 atom stereocenters. The monoisotopic (exact) mass is 254 g/mol. The van der Waals surface area contributed by atoms with E-state index >= 15 is 0 Å². The maximum Gasteiger partial charge on any atom is 0.117 e. The van der Waals surface area contributed by atoms with Gasteiger partial charge in [-0.3, -0.25) is 4.90 Å². The molecule has 3 nitrogen and oxygen atoms in total. The van der Waals surface area contributed by atoms with Crippen molar-refractivity contribution in [2.45, 2.75) is 32.5 Å². The zero-order valence-electron chi connectivity index (χ0n) is 10.7. The molecule has 1 saturated heterocycles. The maximum atomic E-state index is 5.30. The van der Waals surface area contributed by atoms with Gasteiger partial charge in [-0.25, -0.2) is 0 Å². The molecule has 0 amide bonds. The molecular formula is C13H22N2OS. The molecule has 2 unspecified atom stereocenters. The molecule has 1 aliphatic heterocycles. The summed E-state index contributed by atoms with van der Waals surface area (Å²) in [6.07, 6.45) is 1.73. The van der Waals surface area contributed by atoms with Crippen molar-refractivity contribution in [3.63, 3.8) is 0 Å². The van der Waals surface area contributed by atoms with Crippen molar-refractivity contribution in [1.29, 1.82) is 0 Å². The normalized spacial score (nSPS) is 23.8.